The number of hydrogen-bond acceptors (Lipinski definition) is 3. The predicted molar refractivity (Wildman–Crippen MR) is 80.8 cm³/mol. The minimum Gasteiger partial charge on any atom is -0.398 e. The summed E-state index contributed by atoms with van der Waals surface area (Å²) in [6, 6.07) is 14.9. The van der Waals surface area contributed by atoms with Gasteiger partial charge in [0.25, 0.3) is 0 Å². The van der Waals surface area contributed by atoms with Crippen molar-refractivity contribution in [2.45, 2.75) is 6.92 Å². The van der Waals surface area contributed by atoms with Gasteiger partial charge in [0.1, 0.15) is 0 Å². The average Bonchev–Trinajstić information content (AvgIpc) is 2.48. The summed E-state index contributed by atoms with van der Waals surface area (Å²) in [5.74, 6) is -0.0875. The Morgan fingerprint density at radius 2 is 1.85 bits per heavy atom. The van der Waals surface area contributed by atoms with Crippen molar-refractivity contribution < 1.29 is 4.79 Å². The number of fused-ring (bicyclic) bond motifs is 1. The molecular weight excluding hydrogens is 248 g/mol. The highest BCUT2D eigenvalue weighted by Crippen LogP contribution is 2.23. The third kappa shape index (κ3) is 2.03. The Morgan fingerprint density at radius 1 is 1.05 bits per heavy atom. The lowest BCUT2D eigenvalue weighted by Crippen LogP contribution is -2.07. The number of pyridine rings is 1. The van der Waals surface area contributed by atoms with E-state index in [1.807, 2.05) is 43.3 Å². The molecule has 0 radical (unpaired) electrons. The number of carbonyl (C=O) groups is 1. The number of rotatable bonds is 2. The molecule has 1 heterocycles. The lowest BCUT2D eigenvalue weighted by atomic mass is 9.98. The van der Waals surface area contributed by atoms with Gasteiger partial charge in [-0.05, 0) is 31.2 Å². The third-order valence-electron chi connectivity index (χ3n) is 3.33. The van der Waals surface area contributed by atoms with Crippen LogP contribution in [-0.4, -0.2) is 10.8 Å². The first-order valence-corrected chi connectivity index (χ1v) is 6.41. The molecule has 0 unspecified atom stereocenters. The van der Waals surface area contributed by atoms with Gasteiger partial charge in [0.05, 0.1) is 5.52 Å². The van der Waals surface area contributed by atoms with Crippen LogP contribution < -0.4 is 5.73 Å². The zero-order valence-electron chi connectivity index (χ0n) is 11.1. The number of aromatic nitrogens is 1. The predicted octanol–water partition coefficient (Wildman–Crippen LogP) is 3.36. The van der Waals surface area contributed by atoms with Gasteiger partial charge in [-0.2, -0.15) is 0 Å². The molecule has 2 N–H and O–H groups in total. The molecule has 0 saturated carbocycles. The maximum atomic E-state index is 12.7. The molecule has 0 aliphatic heterocycles. The Balaban J connectivity index is 2.20. The number of hydrogen-bond donors (Lipinski definition) is 1. The maximum Gasteiger partial charge on any atom is 0.197 e. The summed E-state index contributed by atoms with van der Waals surface area (Å²) in [5.41, 5.74) is 9.26. The van der Waals surface area contributed by atoms with Crippen molar-refractivity contribution in [3.63, 3.8) is 0 Å². The molecule has 3 rings (SSSR count). The van der Waals surface area contributed by atoms with Crippen molar-refractivity contribution >= 4 is 22.4 Å². The van der Waals surface area contributed by atoms with Crippen molar-refractivity contribution in [2.24, 2.45) is 0 Å². The largest absolute Gasteiger partial charge is 0.398 e. The fourth-order valence-electron chi connectivity index (χ4n) is 2.30. The van der Waals surface area contributed by atoms with Gasteiger partial charge >= 0.3 is 0 Å². The van der Waals surface area contributed by atoms with Crippen LogP contribution in [0.5, 0.6) is 0 Å². The van der Waals surface area contributed by atoms with Crippen molar-refractivity contribution in [2.75, 3.05) is 5.73 Å². The third-order valence-corrected chi connectivity index (χ3v) is 3.33. The summed E-state index contributed by atoms with van der Waals surface area (Å²) >= 11 is 0. The highest BCUT2D eigenvalue weighted by Gasteiger charge is 2.15. The first-order valence-electron chi connectivity index (χ1n) is 6.41. The number of anilines is 1. The molecule has 0 fully saturated rings. The number of carbonyl (C=O) groups excluding carboxylic acids is 1. The van der Waals surface area contributed by atoms with Crippen LogP contribution in [0.4, 0.5) is 5.69 Å². The van der Waals surface area contributed by atoms with Crippen molar-refractivity contribution in [1.29, 1.82) is 0 Å². The molecule has 0 aliphatic rings. The first-order chi connectivity index (χ1) is 9.66. The monoisotopic (exact) mass is 262 g/mol. The molecule has 3 heteroatoms. The molecule has 0 atom stereocenters. The van der Waals surface area contributed by atoms with Crippen LogP contribution in [-0.2, 0) is 0 Å². The maximum absolute atomic E-state index is 12.7. The summed E-state index contributed by atoms with van der Waals surface area (Å²) < 4.78 is 0. The minimum atomic E-state index is -0.0875. The molecule has 2 aromatic carbocycles. The normalized spacial score (nSPS) is 10.7. The van der Waals surface area contributed by atoms with Crippen molar-refractivity contribution in [3.05, 3.63) is 71.4 Å². The standard InChI is InChI=1S/C17H14N2O/c1-11-7-8-15(18)14(10-11)17(20)13-6-2-4-12-5-3-9-19-16(12)13/h2-10H,18H2,1H3. The Morgan fingerprint density at radius 3 is 2.70 bits per heavy atom. The Bertz CT molecular complexity index is 804. The van der Waals surface area contributed by atoms with Crippen LogP contribution in [0.3, 0.4) is 0 Å². The number of nitrogen functional groups attached to an aromatic ring is 1. The quantitative estimate of drug-likeness (QED) is 0.569. The minimum absolute atomic E-state index is 0.0875. The van der Waals surface area contributed by atoms with E-state index in [4.69, 9.17) is 5.73 Å². The summed E-state index contributed by atoms with van der Waals surface area (Å²) in [4.78, 5) is 17.0. The molecule has 3 nitrogen and oxygen atoms in total. The number of aryl methyl sites for hydroxylation is 1. The fourth-order valence-corrected chi connectivity index (χ4v) is 2.30. The Hall–Kier alpha value is -2.68. The molecular formula is C17H14N2O. The van der Waals surface area contributed by atoms with Crippen molar-refractivity contribution in [3.8, 4) is 0 Å². The van der Waals surface area contributed by atoms with Crippen molar-refractivity contribution in [1.82, 2.24) is 4.98 Å². The highest BCUT2D eigenvalue weighted by molar-refractivity contribution is 6.17. The Kier molecular flexibility index (Phi) is 2.95. The van der Waals surface area contributed by atoms with Gasteiger partial charge < -0.3 is 5.73 Å². The second kappa shape index (κ2) is 4.78. The van der Waals surface area contributed by atoms with Crippen LogP contribution in [0.15, 0.2) is 54.7 Å². The topological polar surface area (TPSA) is 56.0 Å². The van der Waals surface area contributed by atoms with Crippen LogP contribution in [0.1, 0.15) is 21.5 Å². The molecule has 3 aromatic rings. The van der Waals surface area contributed by atoms with Gasteiger partial charge in [0.15, 0.2) is 5.78 Å². The van der Waals surface area contributed by atoms with Crippen LogP contribution in [0.2, 0.25) is 0 Å². The molecule has 1 aromatic heterocycles. The van der Waals surface area contributed by atoms with E-state index in [1.54, 1.807) is 18.3 Å². The van der Waals surface area contributed by atoms with Gasteiger partial charge in [0, 0.05) is 28.4 Å². The molecule has 0 spiro atoms. The lowest BCUT2D eigenvalue weighted by molar-refractivity contribution is 0.104. The zero-order valence-corrected chi connectivity index (χ0v) is 11.1. The number of nitrogens with two attached hydrogens (primary N) is 1. The summed E-state index contributed by atoms with van der Waals surface area (Å²) in [6.07, 6.45) is 1.69. The molecule has 0 aliphatic carbocycles. The van der Waals surface area contributed by atoms with E-state index in [2.05, 4.69) is 4.98 Å². The number of benzene rings is 2. The van der Waals surface area contributed by atoms with Crippen LogP contribution in [0.25, 0.3) is 10.9 Å². The smallest absolute Gasteiger partial charge is 0.197 e. The molecule has 20 heavy (non-hydrogen) atoms. The van der Waals surface area contributed by atoms with E-state index in [9.17, 15) is 4.79 Å². The van der Waals surface area contributed by atoms with E-state index < -0.39 is 0 Å². The van der Waals surface area contributed by atoms with Gasteiger partial charge in [0.2, 0.25) is 0 Å². The number of nitrogens with zero attached hydrogens (tertiary/aromatic N) is 1. The zero-order chi connectivity index (χ0) is 14.1. The summed E-state index contributed by atoms with van der Waals surface area (Å²) in [7, 11) is 0. The second-order valence-corrected chi connectivity index (χ2v) is 4.80. The lowest BCUT2D eigenvalue weighted by Gasteiger charge is -2.08. The SMILES string of the molecule is Cc1ccc(N)c(C(=O)c2cccc3cccnc23)c1. The highest BCUT2D eigenvalue weighted by atomic mass is 16.1. The molecule has 0 amide bonds. The van der Waals surface area contributed by atoms with E-state index in [0.717, 1.165) is 10.9 Å². The fraction of sp³-hybridized carbons (Fsp3) is 0.0588. The van der Waals surface area contributed by atoms with Gasteiger partial charge in [-0.1, -0.05) is 29.8 Å². The van der Waals surface area contributed by atoms with E-state index >= 15 is 0 Å². The first kappa shape index (κ1) is 12.4. The van der Waals surface area contributed by atoms with Gasteiger partial charge in [-0.25, -0.2) is 0 Å². The average molecular weight is 262 g/mol. The van der Waals surface area contributed by atoms with Crippen LogP contribution >= 0.6 is 0 Å². The van der Waals surface area contributed by atoms with Gasteiger partial charge in [-0.15, -0.1) is 0 Å². The summed E-state index contributed by atoms with van der Waals surface area (Å²) in [5, 5.41) is 0.949. The van der Waals surface area contributed by atoms with E-state index in [1.165, 1.54) is 0 Å². The molecule has 98 valence electrons. The van der Waals surface area contributed by atoms with Crippen LogP contribution in [0, 0.1) is 6.92 Å². The Labute approximate surface area is 117 Å². The van der Waals surface area contributed by atoms with Gasteiger partial charge in [-0.3, -0.25) is 9.78 Å². The number of ketones is 1. The molecule has 0 bridgehead atoms. The van der Waals surface area contributed by atoms with E-state index in [-0.39, 0.29) is 5.78 Å². The summed E-state index contributed by atoms with van der Waals surface area (Å²) in [6.45, 7) is 1.94. The van der Waals surface area contributed by atoms with E-state index in [0.29, 0.717) is 22.3 Å². The second-order valence-electron chi connectivity index (χ2n) is 4.80. The molecule has 0 saturated heterocycles. The number of para-hydroxylation sites is 1.